The molecule has 1 aromatic rings. The molecule has 4 heteroatoms. The van der Waals surface area contributed by atoms with Crippen LogP contribution in [0.15, 0.2) is 15.9 Å². The molecule has 1 heterocycles. The van der Waals surface area contributed by atoms with Gasteiger partial charge in [0.2, 0.25) is 0 Å². The van der Waals surface area contributed by atoms with Crippen molar-refractivity contribution in [2.75, 3.05) is 20.6 Å². The van der Waals surface area contributed by atoms with E-state index in [-0.39, 0.29) is 5.54 Å². The van der Waals surface area contributed by atoms with Crippen LogP contribution < -0.4 is 5.32 Å². The van der Waals surface area contributed by atoms with Gasteiger partial charge in [-0.3, -0.25) is 0 Å². The number of halogens is 1. The molecule has 0 aromatic carbocycles. The lowest BCUT2D eigenvalue weighted by molar-refractivity contribution is 0.0885. The highest BCUT2D eigenvalue weighted by atomic mass is 79.9. The molecule has 1 unspecified atom stereocenters. The van der Waals surface area contributed by atoms with E-state index in [4.69, 9.17) is 0 Å². The first kappa shape index (κ1) is 18.1. The molecule has 0 aliphatic heterocycles. The van der Waals surface area contributed by atoms with Crippen LogP contribution in [0.5, 0.6) is 0 Å². The monoisotopic (exact) mass is 360 g/mol. The van der Waals surface area contributed by atoms with Crippen molar-refractivity contribution < 1.29 is 0 Å². The molecule has 0 saturated carbocycles. The summed E-state index contributed by atoms with van der Waals surface area (Å²) in [6.07, 6.45) is 4.63. The molecule has 0 aliphatic rings. The number of hydrogen-bond donors (Lipinski definition) is 1. The summed E-state index contributed by atoms with van der Waals surface area (Å²) < 4.78 is 1.20. The molecule has 1 atom stereocenters. The number of likely N-dealkylation sites (N-methyl/N-ethyl adjacent to an activating group) is 1. The second-order valence-corrected chi connectivity index (χ2v) is 7.56. The zero-order valence-electron chi connectivity index (χ0n) is 13.5. The standard InChI is InChI=1S/C16H29BrN2S/c1-6-9-18-15(11-14-10-13(17)12-20-14)16(7-2,8-3)19(4)5/h10,12,15,18H,6-9,11H2,1-5H3. The lowest BCUT2D eigenvalue weighted by Gasteiger charge is -2.45. The van der Waals surface area contributed by atoms with Crippen LogP contribution >= 0.6 is 27.3 Å². The van der Waals surface area contributed by atoms with Gasteiger partial charge in [-0.05, 0) is 68.3 Å². The minimum Gasteiger partial charge on any atom is -0.312 e. The van der Waals surface area contributed by atoms with Crippen molar-refractivity contribution in [2.45, 2.75) is 58.0 Å². The Morgan fingerprint density at radius 1 is 1.30 bits per heavy atom. The van der Waals surface area contributed by atoms with Gasteiger partial charge in [-0.2, -0.15) is 0 Å². The summed E-state index contributed by atoms with van der Waals surface area (Å²) in [5, 5.41) is 5.98. The molecule has 0 amide bonds. The average molecular weight is 361 g/mol. The summed E-state index contributed by atoms with van der Waals surface area (Å²) in [6.45, 7) is 7.96. The first-order valence-corrected chi connectivity index (χ1v) is 9.31. The second-order valence-electron chi connectivity index (χ2n) is 5.65. The molecule has 1 rings (SSSR count). The molecule has 0 radical (unpaired) electrons. The Morgan fingerprint density at radius 2 is 1.95 bits per heavy atom. The van der Waals surface area contributed by atoms with Gasteiger partial charge in [-0.1, -0.05) is 20.8 Å². The quantitative estimate of drug-likeness (QED) is 0.695. The number of nitrogens with zero attached hydrogens (tertiary/aromatic N) is 1. The highest BCUT2D eigenvalue weighted by molar-refractivity contribution is 9.10. The van der Waals surface area contributed by atoms with Crippen LogP contribution in [-0.4, -0.2) is 37.1 Å². The molecule has 2 nitrogen and oxygen atoms in total. The maximum Gasteiger partial charge on any atom is 0.0354 e. The van der Waals surface area contributed by atoms with E-state index in [1.807, 2.05) is 11.3 Å². The maximum absolute atomic E-state index is 3.80. The zero-order valence-corrected chi connectivity index (χ0v) is 15.9. The third kappa shape index (κ3) is 4.30. The van der Waals surface area contributed by atoms with Gasteiger partial charge >= 0.3 is 0 Å². The van der Waals surface area contributed by atoms with E-state index < -0.39 is 0 Å². The van der Waals surface area contributed by atoms with Gasteiger partial charge in [-0.25, -0.2) is 0 Å². The van der Waals surface area contributed by atoms with E-state index in [9.17, 15) is 0 Å². The average Bonchev–Trinajstić information content (AvgIpc) is 2.82. The predicted octanol–water partition coefficient (Wildman–Crippen LogP) is 4.54. The van der Waals surface area contributed by atoms with Crippen LogP contribution in [0.2, 0.25) is 0 Å². The minimum atomic E-state index is 0.228. The summed E-state index contributed by atoms with van der Waals surface area (Å²) in [5.74, 6) is 0. The van der Waals surface area contributed by atoms with Crippen LogP contribution in [0.1, 0.15) is 44.9 Å². The summed E-state index contributed by atoms with van der Waals surface area (Å²) in [4.78, 5) is 3.88. The van der Waals surface area contributed by atoms with E-state index in [2.05, 4.69) is 72.5 Å². The van der Waals surface area contributed by atoms with Gasteiger partial charge in [0.15, 0.2) is 0 Å². The fourth-order valence-corrected chi connectivity index (χ4v) is 4.62. The lowest BCUT2D eigenvalue weighted by atomic mass is 9.81. The fraction of sp³-hybridized carbons (Fsp3) is 0.750. The number of hydrogen-bond acceptors (Lipinski definition) is 3. The first-order valence-electron chi connectivity index (χ1n) is 7.63. The predicted molar refractivity (Wildman–Crippen MR) is 94.8 cm³/mol. The zero-order chi connectivity index (χ0) is 15.2. The van der Waals surface area contributed by atoms with Gasteiger partial charge in [0.05, 0.1) is 0 Å². The number of nitrogens with one attached hydrogen (secondary N) is 1. The first-order chi connectivity index (χ1) is 9.50. The van der Waals surface area contributed by atoms with Crippen LogP contribution in [0, 0.1) is 0 Å². The van der Waals surface area contributed by atoms with Crippen LogP contribution in [-0.2, 0) is 6.42 Å². The molecule has 0 aliphatic carbocycles. The minimum absolute atomic E-state index is 0.228. The molecule has 0 bridgehead atoms. The summed E-state index contributed by atoms with van der Waals surface area (Å²) in [5.41, 5.74) is 0.228. The van der Waals surface area contributed by atoms with Gasteiger partial charge in [0.25, 0.3) is 0 Å². The van der Waals surface area contributed by atoms with E-state index in [1.165, 1.54) is 28.6 Å². The van der Waals surface area contributed by atoms with E-state index >= 15 is 0 Å². The van der Waals surface area contributed by atoms with Crippen LogP contribution in [0.25, 0.3) is 0 Å². The van der Waals surface area contributed by atoms with Crippen LogP contribution in [0.3, 0.4) is 0 Å². The molecular weight excluding hydrogens is 332 g/mol. The summed E-state index contributed by atoms with van der Waals surface area (Å²) in [7, 11) is 4.44. The topological polar surface area (TPSA) is 15.3 Å². The van der Waals surface area contributed by atoms with Crippen molar-refractivity contribution in [3.8, 4) is 0 Å². The molecule has 1 aromatic heterocycles. The Balaban J connectivity index is 2.96. The largest absolute Gasteiger partial charge is 0.312 e. The Hall–Kier alpha value is 0.1000. The van der Waals surface area contributed by atoms with E-state index in [1.54, 1.807) is 0 Å². The Bertz CT molecular complexity index is 386. The third-order valence-corrected chi connectivity index (χ3v) is 6.15. The highest BCUT2D eigenvalue weighted by Crippen LogP contribution is 2.30. The number of thiophene rings is 1. The van der Waals surface area contributed by atoms with Crippen molar-refractivity contribution in [2.24, 2.45) is 0 Å². The SMILES string of the molecule is CCCNC(Cc1cc(Br)cs1)C(CC)(CC)N(C)C. The summed E-state index contributed by atoms with van der Waals surface area (Å²) >= 11 is 5.42. The van der Waals surface area contributed by atoms with Crippen molar-refractivity contribution in [3.05, 3.63) is 20.8 Å². The van der Waals surface area contributed by atoms with Gasteiger partial charge in [0.1, 0.15) is 0 Å². The maximum atomic E-state index is 3.80. The molecule has 0 fully saturated rings. The van der Waals surface area contributed by atoms with Crippen LogP contribution in [0.4, 0.5) is 0 Å². The molecule has 1 N–H and O–H groups in total. The second kappa shape index (κ2) is 8.52. The van der Waals surface area contributed by atoms with Crippen molar-refractivity contribution in [1.82, 2.24) is 10.2 Å². The molecular formula is C16H29BrN2S. The Morgan fingerprint density at radius 3 is 2.35 bits per heavy atom. The van der Waals surface area contributed by atoms with Crippen molar-refractivity contribution in [1.29, 1.82) is 0 Å². The van der Waals surface area contributed by atoms with Crippen molar-refractivity contribution >= 4 is 27.3 Å². The lowest BCUT2D eigenvalue weighted by Crippen LogP contribution is -2.59. The number of rotatable bonds is 9. The fourth-order valence-electron chi connectivity index (χ4n) is 3.12. The van der Waals surface area contributed by atoms with E-state index in [0.29, 0.717) is 6.04 Å². The smallest absolute Gasteiger partial charge is 0.0354 e. The van der Waals surface area contributed by atoms with E-state index in [0.717, 1.165) is 13.0 Å². The highest BCUT2D eigenvalue weighted by Gasteiger charge is 2.37. The molecule has 20 heavy (non-hydrogen) atoms. The normalized spacial score (nSPS) is 13.9. The van der Waals surface area contributed by atoms with Gasteiger partial charge < -0.3 is 10.2 Å². The van der Waals surface area contributed by atoms with Gasteiger partial charge in [0, 0.05) is 26.3 Å². The van der Waals surface area contributed by atoms with Gasteiger partial charge in [-0.15, -0.1) is 11.3 Å². The Kier molecular flexibility index (Phi) is 7.73. The molecule has 116 valence electrons. The summed E-state index contributed by atoms with van der Waals surface area (Å²) in [6, 6.07) is 2.76. The molecule has 0 saturated heterocycles. The third-order valence-electron chi connectivity index (χ3n) is 4.43. The molecule has 0 spiro atoms. The Labute approximate surface area is 137 Å². The van der Waals surface area contributed by atoms with Crippen molar-refractivity contribution in [3.63, 3.8) is 0 Å².